The molecule has 0 spiro atoms. The molecule has 0 saturated carbocycles. The lowest BCUT2D eigenvalue weighted by Gasteiger charge is -2.35. The van der Waals surface area contributed by atoms with Crippen molar-refractivity contribution in [2.45, 2.75) is 11.4 Å². The number of hydrogen-bond acceptors (Lipinski definition) is 6. The quantitative estimate of drug-likeness (QED) is 0.666. The summed E-state index contributed by atoms with van der Waals surface area (Å²) in [6.45, 7) is 0.906. The highest BCUT2D eigenvalue weighted by Crippen LogP contribution is 2.52. The molecule has 2 aliphatic rings. The summed E-state index contributed by atoms with van der Waals surface area (Å²) in [4.78, 5) is 13.5. The van der Waals surface area contributed by atoms with E-state index in [0.29, 0.717) is 18.3 Å². The number of thioether (sulfide) groups is 1. The van der Waals surface area contributed by atoms with E-state index in [-0.39, 0.29) is 17.2 Å². The molecule has 1 fully saturated rings. The van der Waals surface area contributed by atoms with E-state index in [2.05, 4.69) is 4.99 Å². The first-order chi connectivity index (χ1) is 9.53. The molecule has 0 aromatic heterocycles. The van der Waals surface area contributed by atoms with Crippen molar-refractivity contribution in [2.24, 2.45) is 16.6 Å². The van der Waals surface area contributed by atoms with Crippen LogP contribution >= 0.6 is 11.8 Å². The third-order valence-corrected chi connectivity index (χ3v) is 4.89. The van der Waals surface area contributed by atoms with Crippen molar-refractivity contribution in [3.05, 3.63) is 39.7 Å². The molecule has 0 unspecified atom stereocenters. The molecule has 2 heterocycles. The Morgan fingerprint density at radius 1 is 1.60 bits per heavy atom. The van der Waals surface area contributed by atoms with Gasteiger partial charge in [-0.2, -0.15) is 0 Å². The van der Waals surface area contributed by atoms with Gasteiger partial charge in [-0.15, -0.1) is 0 Å². The van der Waals surface area contributed by atoms with Crippen LogP contribution in [0.15, 0.2) is 23.2 Å². The van der Waals surface area contributed by atoms with Gasteiger partial charge in [0.05, 0.1) is 4.92 Å². The van der Waals surface area contributed by atoms with Gasteiger partial charge in [0.15, 0.2) is 10.1 Å². The van der Waals surface area contributed by atoms with Crippen LogP contribution < -0.4 is 5.73 Å². The first-order valence-corrected chi connectivity index (χ1v) is 6.92. The summed E-state index contributed by atoms with van der Waals surface area (Å²) in [5.74, 6) is -0.555. The van der Waals surface area contributed by atoms with Crippen LogP contribution in [-0.2, 0) is 9.67 Å². The van der Waals surface area contributed by atoms with Gasteiger partial charge in [0.1, 0.15) is 5.82 Å². The number of aliphatic imine (C=N–C) groups is 1. The number of nitro benzene ring substituents is 1. The predicted octanol–water partition coefficient (Wildman–Crippen LogP) is 1.98. The monoisotopic (exact) mass is 297 g/mol. The summed E-state index contributed by atoms with van der Waals surface area (Å²) in [5.41, 5.74) is 5.76. The second-order valence-electron chi connectivity index (χ2n) is 4.70. The molecule has 20 heavy (non-hydrogen) atoms. The lowest BCUT2D eigenvalue weighted by Crippen LogP contribution is -2.38. The number of nitrogens with two attached hydrogens (primary N) is 1. The van der Waals surface area contributed by atoms with E-state index in [9.17, 15) is 14.5 Å². The highest BCUT2D eigenvalue weighted by molar-refractivity contribution is 8.14. The molecule has 2 N–H and O–H groups in total. The number of non-ortho nitro benzene ring substituents is 1. The number of rotatable bonds is 2. The summed E-state index contributed by atoms with van der Waals surface area (Å²) in [6, 6.07) is 3.48. The topological polar surface area (TPSA) is 90.8 Å². The van der Waals surface area contributed by atoms with Gasteiger partial charge in [0.2, 0.25) is 0 Å². The van der Waals surface area contributed by atoms with Crippen LogP contribution in [0, 0.1) is 21.8 Å². The van der Waals surface area contributed by atoms with E-state index >= 15 is 0 Å². The van der Waals surface area contributed by atoms with Crippen LogP contribution in [0.1, 0.15) is 12.0 Å². The average Bonchev–Trinajstić information content (AvgIpc) is 2.82. The van der Waals surface area contributed by atoms with Crippen LogP contribution in [0.5, 0.6) is 0 Å². The van der Waals surface area contributed by atoms with Crippen molar-refractivity contribution >= 4 is 22.6 Å². The van der Waals surface area contributed by atoms with Gasteiger partial charge < -0.3 is 10.5 Å². The Balaban J connectivity index is 2.13. The molecule has 1 aromatic carbocycles. The van der Waals surface area contributed by atoms with Gasteiger partial charge in [-0.3, -0.25) is 15.1 Å². The third kappa shape index (κ3) is 1.95. The number of nitro groups is 1. The zero-order valence-corrected chi connectivity index (χ0v) is 11.2. The lowest BCUT2D eigenvalue weighted by molar-refractivity contribution is -0.385. The van der Waals surface area contributed by atoms with Crippen molar-refractivity contribution in [3.8, 4) is 0 Å². The van der Waals surface area contributed by atoms with Gasteiger partial charge in [-0.05, 0) is 24.2 Å². The van der Waals surface area contributed by atoms with Crippen LogP contribution in [0.3, 0.4) is 0 Å². The van der Waals surface area contributed by atoms with E-state index in [0.717, 1.165) is 30.3 Å². The summed E-state index contributed by atoms with van der Waals surface area (Å²) in [7, 11) is 0. The van der Waals surface area contributed by atoms with Gasteiger partial charge in [0.25, 0.3) is 5.69 Å². The highest BCUT2D eigenvalue weighted by atomic mass is 32.2. The minimum Gasteiger partial charge on any atom is -0.378 e. The lowest BCUT2D eigenvalue weighted by atomic mass is 9.93. The van der Waals surface area contributed by atoms with Crippen molar-refractivity contribution in [1.82, 2.24) is 0 Å². The molecule has 6 nitrogen and oxygen atoms in total. The molecule has 8 heteroatoms. The van der Waals surface area contributed by atoms with Crippen LogP contribution in [0.4, 0.5) is 10.1 Å². The SMILES string of the molecule is NC1=NC[C@H]2CCO[C@@]2(c2cc([N+](=O)[O-])ccc2F)S1. The number of ether oxygens (including phenoxy) is 1. The Labute approximate surface area is 118 Å². The Morgan fingerprint density at radius 3 is 3.15 bits per heavy atom. The molecular weight excluding hydrogens is 285 g/mol. The van der Waals surface area contributed by atoms with Crippen LogP contribution in [0.25, 0.3) is 0 Å². The van der Waals surface area contributed by atoms with E-state index in [4.69, 9.17) is 10.5 Å². The van der Waals surface area contributed by atoms with Gasteiger partial charge in [-0.25, -0.2) is 4.39 Å². The largest absolute Gasteiger partial charge is 0.378 e. The maximum absolute atomic E-state index is 14.2. The molecule has 1 aromatic rings. The molecular formula is C12H12FN3O3S. The molecule has 1 saturated heterocycles. The standard InChI is InChI=1S/C12H12FN3O3S/c13-10-2-1-8(16(17)18)5-9(10)12-7(3-4-19-12)6-15-11(14)20-12/h1-2,5,7H,3-4,6H2,(H2,14,15)/t7-,12-/m1/s1. The number of amidine groups is 1. The number of nitrogens with zero attached hydrogens (tertiary/aromatic N) is 2. The molecule has 2 aliphatic heterocycles. The van der Waals surface area contributed by atoms with Crippen molar-refractivity contribution in [3.63, 3.8) is 0 Å². The summed E-state index contributed by atoms with van der Waals surface area (Å²) in [6.07, 6.45) is 0.728. The first-order valence-electron chi connectivity index (χ1n) is 6.10. The Morgan fingerprint density at radius 2 is 2.40 bits per heavy atom. The number of halogens is 1. The number of hydrogen-bond donors (Lipinski definition) is 1. The molecule has 0 bridgehead atoms. The average molecular weight is 297 g/mol. The smallest absolute Gasteiger partial charge is 0.270 e. The second kappa shape index (κ2) is 4.71. The molecule has 106 valence electrons. The fourth-order valence-electron chi connectivity index (χ4n) is 2.62. The van der Waals surface area contributed by atoms with Crippen LogP contribution in [-0.4, -0.2) is 23.2 Å². The van der Waals surface area contributed by atoms with Crippen molar-refractivity contribution in [2.75, 3.05) is 13.2 Å². The van der Waals surface area contributed by atoms with Gasteiger partial charge >= 0.3 is 0 Å². The molecule has 2 atom stereocenters. The number of benzene rings is 1. The minimum absolute atomic E-state index is 0.0312. The van der Waals surface area contributed by atoms with Gasteiger partial charge in [0, 0.05) is 36.8 Å². The summed E-state index contributed by atoms with van der Waals surface area (Å²) in [5, 5.41) is 11.2. The highest BCUT2D eigenvalue weighted by Gasteiger charge is 2.51. The maximum Gasteiger partial charge on any atom is 0.270 e. The Kier molecular flexibility index (Phi) is 3.14. The fraction of sp³-hybridized carbons (Fsp3) is 0.417. The van der Waals surface area contributed by atoms with Gasteiger partial charge in [-0.1, -0.05) is 0 Å². The van der Waals surface area contributed by atoms with Crippen molar-refractivity contribution in [1.29, 1.82) is 0 Å². The zero-order chi connectivity index (χ0) is 14.3. The van der Waals surface area contributed by atoms with E-state index in [1.54, 1.807) is 0 Å². The Hall–Kier alpha value is -1.67. The second-order valence-corrected chi connectivity index (χ2v) is 5.93. The predicted molar refractivity (Wildman–Crippen MR) is 72.9 cm³/mol. The third-order valence-electron chi connectivity index (χ3n) is 3.58. The summed E-state index contributed by atoms with van der Waals surface area (Å²) >= 11 is 1.14. The molecule has 0 amide bonds. The number of fused-ring (bicyclic) bond motifs is 1. The Bertz CT molecular complexity index is 610. The van der Waals surface area contributed by atoms with Crippen molar-refractivity contribution < 1.29 is 14.1 Å². The van der Waals surface area contributed by atoms with E-state index in [1.807, 2.05) is 0 Å². The fourth-order valence-corrected chi connectivity index (χ4v) is 3.84. The molecule has 0 radical (unpaired) electrons. The molecule has 3 rings (SSSR count). The van der Waals surface area contributed by atoms with Crippen LogP contribution in [0.2, 0.25) is 0 Å². The maximum atomic E-state index is 14.2. The van der Waals surface area contributed by atoms with E-state index < -0.39 is 15.7 Å². The normalized spacial score (nSPS) is 28.9. The first kappa shape index (κ1) is 13.3. The minimum atomic E-state index is -0.998. The van der Waals surface area contributed by atoms with E-state index in [1.165, 1.54) is 6.07 Å². The molecule has 0 aliphatic carbocycles. The summed E-state index contributed by atoms with van der Waals surface area (Å²) < 4.78 is 19.9. The zero-order valence-electron chi connectivity index (χ0n) is 10.4.